The minimum atomic E-state index is 0.259. The average molecular weight is 371 g/mol. The number of hydrogen-bond acceptors (Lipinski definition) is 4. The number of methoxy groups -OCH3 is 2. The van der Waals surface area contributed by atoms with E-state index >= 15 is 0 Å². The Hall–Kier alpha value is -2.89. The highest BCUT2D eigenvalue weighted by Crippen LogP contribution is 2.30. The summed E-state index contributed by atoms with van der Waals surface area (Å²) in [6, 6.07) is 13.8. The Morgan fingerprint density at radius 3 is 2.44 bits per heavy atom. The zero-order valence-corrected chi connectivity index (χ0v) is 16.7. The van der Waals surface area contributed by atoms with Gasteiger partial charge >= 0.3 is 0 Å². The topological polar surface area (TPSA) is 64.1 Å². The van der Waals surface area contributed by atoms with Gasteiger partial charge < -0.3 is 24.8 Å². The van der Waals surface area contributed by atoms with Crippen LogP contribution in [0.15, 0.2) is 47.5 Å². The third-order valence-corrected chi connectivity index (χ3v) is 4.20. The number of ether oxygens (including phenoxy) is 3. The van der Waals surface area contributed by atoms with Gasteiger partial charge in [0, 0.05) is 31.3 Å². The normalized spacial score (nSPS) is 12.3. The Labute approximate surface area is 161 Å². The van der Waals surface area contributed by atoms with Gasteiger partial charge in [-0.3, -0.25) is 4.99 Å². The fourth-order valence-corrected chi connectivity index (χ4v) is 2.77. The maximum Gasteiger partial charge on any atom is 0.195 e. The van der Waals surface area contributed by atoms with E-state index in [4.69, 9.17) is 14.2 Å². The van der Waals surface area contributed by atoms with Crippen LogP contribution in [0.4, 0.5) is 5.69 Å². The first-order chi connectivity index (χ1) is 13.1. The average Bonchev–Trinajstić information content (AvgIpc) is 2.71. The van der Waals surface area contributed by atoms with Gasteiger partial charge in [0.05, 0.1) is 20.8 Å². The number of nitrogens with zero attached hydrogens (tertiary/aromatic N) is 1. The van der Waals surface area contributed by atoms with Gasteiger partial charge in [-0.25, -0.2) is 0 Å². The lowest BCUT2D eigenvalue weighted by Crippen LogP contribution is -2.33. The fraction of sp³-hybridized carbons (Fsp3) is 0.381. The van der Waals surface area contributed by atoms with Gasteiger partial charge in [-0.05, 0) is 30.7 Å². The molecule has 0 fully saturated rings. The lowest BCUT2D eigenvalue weighted by molar-refractivity contribution is 0.311. The molecule has 0 aliphatic heterocycles. The van der Waals surface area contributed by atoms with Crippen LogP contribution in [0.3, 0.4) is 0 Å². The molecular weight excluding hydrogens is 342 g/mol. The number of aliphatic imine (C=N–C) groups is 1. The fourth-order valence-electron chi connectivity index (χ4n) is 2.77. The lowest BCUT2D eigenvalue weighted by atomic mass is 10.0. The van der Waals surface area contributed by atoms with Gasteiger partial charge in [0.1, 0.15) is 5.75 Å². The standard InChI is InChI=1S/C21H29N3O3/c1-6-27-19-12-11-16(13-20(19)26-5)24-21(22-3)23-14-15(2)17-9-7-8-10-18(17)25-4/h7-13,15H,6,14H2,1-5H3,(H2,22,23,24). The number of guanidine groups is 1. The van der Waals surface area contributed by atoms with Crippen LogP contribution in [-0.4, -0.2) is 40.4 Å². The second kappa shape index (κ2) is 10.3. The highest BCUT2D eigenvalue weighted by atomic mass is 16.5. The molecule has 0 aliphatic carbocycles. The molecule has 0 amide bonds. The first kappa shape index (κ1) is 20.4. The van der Waals surface area contributed by atoms with Crippen LogP contribution in [0.5, 0.6) is 17.2 Å². The molecule has 1 atom stereocenters. The predicted octanol–water partition coefficient (Wildman–Crippen LogP) is 3.89. The van der Waals surface area contributed by atoms with Gasteiger partial charge in [-0.15, -0.1) is 0 Å². The summed E-state index contributed by atoms with van der Waals surface area (Å²) in [6.45, 7) is 5.40. The number of benzene rings is 2. The maximum absolute atomic E-state index is 5.55. The Morgan fingerprint density at radius 2 is 1.78 bits per heavy atom. The van der Waals surface area contributed by atoms with Crippen LogP contribution in [0.1, 0.15) is 25.3 Å². The summed E-state index contributed by atoms with van der Waals surface area (Å²) in [5, 5.41) is 6.64. The van der Waals surface area contributed by atoms with Crippen LogP contribution in [0, 0.1) is 0 Å². The summed E-state index contributed by atoms with van der Waals surface area (Å²) in [6.07, 6.45) is 0. The van der Waals surface area contributed by atoms with Crippen molar-refractivity contribution in [3.63, 3.8) is 0 Å². The van der Waals surface area contributed by atoms with Crippen molar-refractivity contribution in [2.45, 2.75) is 19.8 Å². The summed E-state index contributed by atoms with van der Waals surface area (Å²) in [5.74, 6) is 3.24. The summed E-state index contributed by atoms with van der Waals surface area (Å²) in [4.78, 5) is 4.30. The van der Waals surface area contributed by atoms with E-state index in [-0.39, 0.29) is 5.92 Å². The van der Waals surface area contributed by atoms with Gasteiger partial charge in [-0.2, -0.15) is 0 Å². The Morgan fingerprint density at radius 1 is 1.04 bits per heavy atom. The van der Waals surface area contributed by atoms with E-state index in [1.54, 1.807) is 21.3 Å². The third kappa shape index (κ3) is 5.54. The van der Waals surface area contributed by atoms with E-state index in [2.05, 4.69) is 28.6 Å². The largest absolute Gasteiger partial charge is 0.496 e. The van der Waals surface area contributed by atoms with Crippen molar-refractivity contribution in [2.24, 2.45) is 4.99 Å². The molecule has 146 valence electrons. The van der Waals surface area contributed by atoms with Gasteiger partial charge in [0.2, 0.25) is 0 Å². The molecule has 0 saturated heterocycles. The molecule has 0 radical (unpaired) electrons. The third-order valence-electron chi connectivity index (χ3n) is 4.20. The molecule has 27 heavy (non-hydrogen) atoms. The lowest BCUT2D eigenvalue weighted by Gasteiger charge is -2.19. The number of hydrogen-bond donors (Lipinski definition) is 2. The van der Waals surface area contributed by atoms with Crippen molar-refractivity contribution in [1.29, 1.82) is 0 Å². The molecule has 0 heterocycles. The van der Waals surface area contributed by atoms with Crippen LogP contribution in [0.2, 0.25) is 0 Å². The first-order valence-corrected chi connectivity index (χ1v) is 9.04. The van der Waals surface area contributed by atoms with Gasteiger partial charge in [0.15, 0.2) is 17.5 Å². The number of para-hydroxylation sites is 1. The first-order valence-electron chi connectivity index (χ1n) is 9.04. The molecule has 1 unspecified atom stereocenters. The second-order valence-corrected chi connectivity index (χ2v) is 6.02. The van der Waals surface area contributed by atoms with Crippen molar-refractivity contribution in [1.82, 2.24) is 5.32 Å². The molecule has 2 aromatic rings. The summed E-state index contributed by atoms with van der Waals surface area (Å²) in [7, 11) is 5.07. The maximum atomic E-state index is 5.55. The zero-order valence-electron chi connectivity index (χ0n) is 16.7. The van der Waals surface area contributed by atoms with E-state index in [1.165, 1.54) is 0 Å². The van der Waals surface area contributed by atoms with Gasteiger partial charge in [0.25, 0.3) is 0 Å². The Bertz CT molecular complexity index is 762. The SMILES string of the molecule is CCOc1ccc(NC(=NC)NCC(C)c2ccccc2OC)cc1OC. The van der Waals surface area contributed by atoms with Crippen LogP contribution >= 0.6 is 0 Å². The zero-order chi connectivity index (χ0) is 19.6. The van der Waals surface area contributed by atoms with Crippen molar-refractivity contribution in [3.8, 4) is 17.2 Å². The minimum Gasteiger partial charge on any atom is -0.496 e. The van der Waals surface area contributed by atoms with Crippen LogP contribution in [-0.2, 0) is 0 Å². The Kier molecular flexibility index (Phi) is 7.79. The number of rotatable bonds is 8. The molecule has 0 aromatic heterocycles. The molecule has 0 spiro atoms. The molecule has 2 rings (SSSR count). The molecular formula is C21H29N3O3. The van der Waals surface area contributed by atoms with E-state index in [0.717, 1.165) is 22.7 Å². The molecule has 2 N–H and O–H groups in total. The van der Waals surface area contributed by atoms with Crippen molar-refractivity contribution < 1.29 is 14.2 Å². The van der Waals surface area contributed by atoms with E-state index < -0.39 is 0 Å². The summed E-state index contributed by atoms with van der Waals surface area (Å²) >= 11 is 0. The molecule has 0 bridgehead atoms. The predicted molar refractivity (Wildman–Crippen MR) is 111 cm³/mol. The van der Waals surface area contributed by atoms with Gasteiger partial charge in [-0.1, -0.05) is 25.1 Å². The van der Waals surface area contributed by atoms with E-state index in [1.807, 2.05) is 43.3 Å². The quantitative estimate of drug-likeness (QED) is 0.544. The monoisotopic (exact) mass is 371 g/mol. The highest BCUT2D eigenvalue weighted by molar-refractivity contribution is 5.93. The van der Waals surface area contributed by atoms with Crippen LogP contribution in [0.25, 0.3) is 0 Å². The van der Waals surface area contributed by atoms with Crippen molar-refractivity contribution >= 4 is 11.6 Å². The molecule has 0 saturated carbocycles. The van der Waals surface area contributed by atoms with Crippen LogP contribution < -0.4 is 24.8 Å². The molecule has 2 aromatic carbocycles. The molecule has 0 aliphatic rings. The smallest absolute Gasteiger partial charge is 0.195 e. The molecule has 6 nitrogen and oxygen atoms in total. The van der Waals surface area contributed by atoms with E-state index in [9.17, 15) is 0 Å². The van der Waals surface area contributed by atoms with Crippen molar-refractivity contribution in [2.75, 3.05) is 39.7 Å². The van der Waals surface area contributed by atoms with Crippen molar-refractivity contribution in [3.05, 3.63) is 48.0 Å². The Balaban J connectivity index is 2.02. The second-order valence-electron chi connectivity index (χ2n) is 6.02. The summed E-state index contributed by atoms with van der Waals surface area (Å²) in [5.41, 5.74) is 2.03. The number of anilines is 1. The highest BCUT2D eigenvalue weighted by Gasteiger charge is 2.12. The van der Waals surface area contributed by atoms with E-state index in [0.29, 0.717) is 24.9 Å². The molecule has 6 heteroatoms. The number of nitrogens with one attached hydrogen (secondary N) is 2. The summed E-state index contributed by atoms with van der Waals surface area (Å²) < 4.78 is 16.4. The minimum absolute atomic E-state index is 0.259.